The van der Waals surface area contributed by atoms with Gasteiger partial charge in [-0.25, -0.2) is 0 Å². The largest absolute Gasteiger partial charge is 0.454 e. The average Bonchev–Trinajstić information content (AvgIpc) is 2.42. The molecule has 2 rings (SSSR count). The maximum Gasteiger partial charge on any atom is 0.416 e. The molecule has 0 heterocycles. The SMILES string of the molecule is N#Cc1cc(C(F)(F)F)ccc1Oc1cc(N)ccc1Cl. The average molecular weight is 313 g/mol. The molecule has 21 heavy (non-hydrogen) atoms. The molecule has 0 aliphatic heterocycles. The zero-order chi connectivity index (χ0) is 15.6. The Labute approximate surface area is 123 Å². The lowest BCUT2D eigenvalue weighted by atomic mass is 10.1. The van der Waals surface area contributed by atoms with Crippen LogP contribution in [-0.4, -0.2) is 0 Å². The van der Waals surface area contributed by atoms with Crippen LogP contribution in [0.15, 0.2) is 36.4 Å². The number of hydrogen-bond acceptors (Lipinski definition) is 3. The van der Waals surface area contributed by atoms with Crippen LogP contribution in [0.2, 0.25) is 5.02 Å². The monoisotopic (exact) mass is 312 g/mol. The lowest BCUT2D eigenvalue weighted by molar-refractivity contribution is -0.137. The Morgan fingerprint density at radius 1 is 1.10 bits per heavy atom. The predicted octanol–water partition coefficient (Wildman–Crippen LogP) is 4.60. The van der Waals surface area contributed by atoms with Gasteiger partial charge >= 0.3 is 6.18 Å². The molecule has 0 fully saturated rings. The van der Waals surface area contributed by atoms with Crippen LogP contribution in [0.25, 0.3) is 0 Å². The van der Waals surface area contributed by atoms with Crippen molar-refractivity contribution < 1.29 is 17.9 Å². The number of ether oxygens (including phenoxy) is 1. The van der Waals surface area contributed by atoms with E-state index in [-0.39, 0.29) is 22.1 Å². The van der Waals surface area contributed by atoms with Crippen molar-refractivity contribution in [2.75, 3.05) is 5.73 Å². The number of alkyl halides is 3. The number of nitrogens with two attached hydrogens (primary N) is 1. The van der Waals surface area contributed by atoms with Gasteiger partial charge in [0.2, 0.25) is 0 Å². The summed E-state index contributed by atoms with van der Waals surface area (Å²) in [5.74, 6) is 0.130. The first-order valence-corrected chi connectivity index (χ1v) is 6.03. The molecule has 3 nitrogen and oxygen atoms in total. The first-order valence-electron chi connectivity index (χ1n) is 5.65. The summed E-state index contributed by atoms with van der Waals surface area (Å²) in [5.41, 5.74) is 4.78. The van der Waals surface area contributed by atoms with E-state index in [1.807, 2.05) is 0 Å². The second-order valence-electron chi connectivity index (χ2n) is 4.11. The van der Waals surface area contributed by atoms with Crippen LogP contribution in [0.1, 0.15) is 11.1 Å². The lowest BCUT2D eigenvalue weighted by Gasteiger charge is -2.12. The highest BCUT2D eigenvalue weighted by Gasteiger charge is 2.31. The van der Waals surface area contributed by atoms with Crippen molar-refractivity contribution in [3.05, 3.63) is 52.5 Å². The van der Waals surface area contributed by atoms with Gasteiger partial charge < -0.3 is 10.5 Å². The molecule has 0 aliphatic rings. The van der Waals surface area contributed by atoms with Gasteiger partial charge in [-0.1, -0.05) is 11.6 Å². The Hall–Kier alpha value is -2.39. The van der Waals surface area contributed by atoms with Crippen molar-refractivity contribution in [2.45, 2.75) is 6.18 Å². The summed E-state index contributed by atoms with van der Waals surface area (Å²) < 4.78 is 43.2. The number of hydrogen-bond donors (Lipinski definition) is 1. The fraction of sp³-hybridized carbons (Fsp3) is 0.0714. The summed E-state index contributed by atoms with van der Waals surface area (Å²) in [6, 6.07) is 8.74. The first kappa shape index (κ1) is 15.0. The van der Waals surface area contributed by atoms with Gasteiger partial charge in [-0.05, 0) is 30.3 Å². The van der Waals surface area contributed by atoms with Crippen LogP contribution in [-0.2, 0) is 6.18 Å². The van der Waals surface area contributed by atoms with Gasteiger partial charge in [0, 0.05) is 11.8 Å². The van der Waals surface area contributed by atoms with E-state index in [0.717, 1.165) is 18.2 Å². The third-order valence-electron chi connectivity index (χ3n) is 2.60. The van der Waals surface area contributed by atoms with Gasteiger partial charge in [0.1, 0.15) is 17.6 Å². The molecule has 0 radical (unpaired) electrons. The minimum absolute atomic E-state index is 0.0296. The summed E-state index contributed by atoms with van der Waals surface area (Å²) in [7, 11) is 0. The summed E-state index contributed by atoms with van der Waals surface area (Å²) in [4.78, 5) is 0. The number of benzene rings is 2. The zero-order valence-electron chi connectivity index (χ0n) is 10.4. The van der Waals surface area contributed by atoms with Gasteiger partial charge in [0.25, 0.3) is 0 Å². The molecule has 2 aromatic carbocycles. The Morgan fingerprint density at radius 3 is 2.43 bits per heavy atom. The summed E-state index contributed by atoms with van der Waals surface area (Å²) in [5, 5.41) is 9.19. The third-order valence-corrected chi connectivity index (χ3v) is 2.91. The van der Waals surface area contributed by atoms with Crippen LogP contribution in [0, 0.1) is 11.3 Å². The highest BCUT2D eigenvalue weighted by molar-refractivity contribution is 6.32. The van der Waals surface area contributed by atoms with Crippen molar-refractivity contribution >= 4 is 17.3 Å². The maximum absolute atomic E-state index is 12.6. The highest BCUT2D eigenvalue weighted by Crippen LogP contribution is 2.36. The van der Waals surface area contributed by atoms with Gasteiger partial charge in [-0.15, -0.1) is 0 Å². The van der Waals surface area contributed by atoms with E-state index >= 15 is 0 Å². The van der Waals surface area contributed by atoms with Crippen molar-refractivity contribution in [3.8, 4) is 17.6 Å². The number of nitrogen functional groups attached to an aromatic ring is 1. The van der Waals surface area contributed by atoms with E-state index in [1.54, 1.807) is 12.1 Å². The molecule has 0 saturated heterocycles. The molecule has 0 amide bonds. The molecule has 0 bridgehead atoms. The molecular formula is C14H8ClF3N2O. The Balaban J connectivity index is 2.41. The highest BCUT2D eigenvalue weighted by atomic mass is 35.5. The van der Waals surface area contributed by atoms with Crippen LogP contribution >= 0.6 is 11.6 Å². The molecule has 0 spiro atoms. The summed E-state index contributed by atoms with van der Waals surface area (Å²) in [6.45, 7) is 0. The van der Waals surface area contributed by atoms with E-state index in [2.05, 4.69) is 0 Å². The van der Waals surface area contributed by atoms with Gasteiger partial charge in [0.15, 0.2) is 0 Å². The fourth-order valence-corrected chi connectivity index (χ4v) is 1.76. The number of nitriles is 1. The first-order chi connectivity index (χ1) is 9.81. The molecule has 0 saturated carbocycles. The molecule has 0 atom stereocenters. The van der Waals surface area contributed by atoms with Crippen molar-refractivity contribution in [3.63, 3.8) is 0 Å². The molecule has 7 heteroatoms. The predicted molar refractivity (Wildman–Crippen MR) is 72.1 cm³/mol. The van der Waals surface area contributed by atoms with Crippen LogP contribution < -0.4 is 10.5 Å². The van der Waals surface area contributed by atoms with Crippen molar-refractivity contribution in [1.82, 2.24) is 0 Å². The van der Waals surface area contributed by atoms with E-state index < -0.39 is 11.7 Å². The lowest BCUT2D eigenvalue weighted by Crippen LogP contribution is -2.05. The van der Waals surface area contributed by atoms with Crippen LogP contribution in [0.3, 0.4) is 0 Å². The maximum atomic E-state index is 12.6. The molecule has 0 aromatic heterocycles. The molecule has 108 valence electrons. The van der Waals surface area contributed by atoms with Crippen molar-refractivity contribution in [1.29, 1.82) is 5.26 Å². The van der Waals surface area contributed by atoms with E-state index in [1.165, 1.54) is 12.1 Å². The van der Waals surface area contributed by atoms with Gasteiger partial charge in [-0.2, -0.15) is 18.4 Å². The standard InChI is InChI=1S/C14H8ClF3N2O/c15-11-3-2-10(20)6-13(11)21-12-4-1-9(14(16,17)18)5-8(12)7-19/h1-6H,20H2. The zero-order valence-corrected chi connectivity index (χ0v) is 11.2. The number of rotatable bonds is 2. The Morgan fingerprint density at radius 2 is 1.81 bits per heavy atom. The Kier molecular flexibility index (Phi) is 3.96. The fourth-order valence-electron chi connectivity index (χ4n) is 1.60. The van der Waals surface area contributed by atoms with Crippen LogP contribution in [0.4, 0.5) is 18.9 Å². The second-order valence-corrected chi connectivity index (χ2v) is 4.52. The molecular weight excluding hydrogens is 305 g/mol. The topological polar surface area (TPSA) is 59.0 Å². The summed E-state index contributed by atoms with van der Waals surface area (Å²) in [6.07, 6.45) is -4.53. The quantitative estimate of drug-likeness (QED) is 0.824. The number of halogens is 4. The normalized spacial score (nSPS) is 11.0. The van der Waals surface area contributed by atoms with Gasteiger partial charge in [-0.3, -0.25) is 0 Å². The number of anilines is 1. The van der Waals surface area contributed by atoms with Crippen LogP contribution in [0.5, 0.6) is 11.5 Å². The molecule has 2 N–H and O–H groups in total. The molecule has 2 aromatic rings. The van der Waals surface area contributed by atoms with E-state index in [0.29, 0.717) is 5.69 Å². The van der Waals surface area contributed by atoms with Gasteiger partial charge in [0.05, 0.1) is 16.1 Å². The Bertz CT molecular complexity index is 723. The van der Waals surface area contributed by atoms with E-state index in [9.17, 15) is 13.2 Å². The second kappa shape index (κ2) is 5.54. The molecule has 0 aliphatic carbocycles. The van der Waals surface area contributed by atoms with Crippen molar-refractivity contribution in [2.24, 2.45) is 0 Å². The molecule has 0 unspecified atom stereocenters. The smallest absolute Gasteiger partial charge is 0.416 e. The van der Waals surface area contributed by atoms with E-state index in [4.69, 9.17) is 27.3 Å². The number of nitrogens with zero attached hydrogens (tertiary/aromatic N) is 1. The minimum atomic E-state index is -4.53. The summed E-state index contributed by atoms with van der Waals surface area (Å²) >= 11 is 5.90. The third kappa shape index (κ3) is 3.38. The minimum Gasteiger partial charge on any atom is -0.454 e.